The average Bonchev–Trinajstić information content (AvgIpc) is 3.49. The van der Waals surface area contributed by atoms with Crippen LogP contribution in [0, 0.1) is 5.92 Å². The highest BCUT2D eigenvalue weighted by molar-refractivity contribution is 5.85. The summed E-state index contributed by atoms with van der Waals surface area (Å²) in [5.74, 6) is 2.40. The van der Waals surface area contributed by atoms with Crippen molar-refractivity contribution in [2.75, 3.05) is 47.4 Å². The molecule has 2 unspecified atom stereocenters. The van der Waals surface area contributed by atoms with Gasteiger partial charge in [-0.05, 0) is 42.4 Å². The Kier molecular flexibility index (Phi) is 5.27. The van der Waals surface area contributed by atoms with E-state index in [1.807, 2.05) is 29.2 Å². The largest absolute Gasteiger partial charge is 0.497 e. The van der Waals surface area contributed by atoms with Gasteiger partial charge in [-0.2, -0.15) is 0 Å². The molecular weight excluding hydrogens is 352 g/mol. The molecule has 1 saturated carbocycles. The number of methoxy groups -OCH3 is 2. The lowest BCUT2D eigenvalue weighted by molar-refractivity contribution is -0.134. The van der Waals surface area contributed by atoms with Gasteiger partial charge < -0.3 is 19.3 Å². The monoisotopic (exact) mass is 380 g/mol. The van der Waals surface area contributed by atoms with Gasteiger partial charge in [-0.25, -0.2) is 0 Å². The first-order valence-corrected chi connectivity index (χ1v) is 9.87. The van der Waals surface area contributed by atoms with Gasteiger partial charge in [0.15, 0.2) is 0 Å². The highest BCUT2D eigenvalue weighted by atomic mass is 16.5. The third kappa shape index (κ3) is 3.59. The maximum atomic E-state index is 13.3. The summed E-state index contributed by atoms with van der Waals surface area (Å²) in [6.45, 7) is 3.52. The van der Waals surface area contributed by atoms with Crippen molar-refractivity contribution in [3.05, 3.63) is 59.7 Å². The fraction of sp³-hybridized carbons (Fsp3) is 0.435. The van der Waals surface area contributed by atoms with Crippen LogP contribution in [0.3, 0.4) is 0 Å². The first kappa shape index (κ1) is 18.8. The van der Waals surface area contributed by atoms with Crippen LogP contribution in [0.4, 0.5) is 0 Å². The van der Waals surface area contributed by atoms with E-state index >= 15 is 0 Å². The molecule has 4 rings (SSSR count). The Labute approximate surface area is 166 Å². The minimum absolute atomic E-state index is 0.00481. The number of likely N-dealkylation sites (N-methyl/N-ethyl adjacent to an activating group) is 1. The zero-order valence-electron chi connectivity index (χ0n) is 16.8. The van der Waals surface area contributed by atoms with Gasteiger partial charge in [0.25, 0.3) is 0 Å². The number of piperazine rings is 1. The van der Waals surface area contributed by atoms with Gasteiger partial charge in [-0.3, -0.25) is 4.79 Å². The fourth-order valence-electron chi connectivity index (χ4n) is 4.34. The molecule has 0 bridgehead atoms. The van der Waals surface area contributed by atoms with Gasteiger partial charge in [0.1, 0.15) is 11.5 Å². The van der Waals surface area contributed by atoms with Gasteiger partial charge in [-0.1, -0.05) is 24.3 Å². The summed E-state index contributed by atoms with van der Waals surface area (Å²) in [5.41, 5.74) is 2.41. The Morgan fingerprint density at radius 3 is 1.61 bits per heavy atom. The van der Waals surface area contributed by atoms with Crippen molar-refractivity contribution in [3.8, 4) is 11.5 Å². The number of rotatable bonds is 5. The van der Waals surface area contributed by atoms with Crippen molar-refractivity contribution in [2.24, 2.45) is 5.92 Å². The van der Waals surface area contributed by atoms with E-state index in [0.29, 0.717) is 0 Å². The Bertz CT molecular complexity index is 757. The molecule has 2 aromatic carbocycles. The molecule has 0 radical (unpaired) electrons. The summed E-state index contributed by atoms with van der Waals surface area (Å²) in [7, 11) is 5.46. The number of amides is 1. The van der Waals surface area contributed by atoms with Gasteiger partial charge >= 0.3 is 0 Å². The van der Waals surface area contributed by atoms with Crippen molar-refractivity contribution < 1.29 is 14.3 Å². The van der Waals surface area contributed by atoms with Crippen molar-refractivity contribution >= 4 is 5.91 Å². The number of benzene rings is 2. The lowest BCUT2D eigenvalue weighted by atomic mass is 10.0. The van der Waals surface area contributed by atoms with Crippen LogP contribution >= 0.6 is 0 Å². The number of hydrogen-bond donors (Lipinski definition) is 0. The molecule has 2 aliphatic rings. The van der Waals surface area contributed by atoms with E-state index in [-0.39, 0.29) is 23.7 Å². The highest BCUT2D eigenvalue weighted by Gasteiger charge is 2.57. The molecule has 1 amide bonds. The first-order valence-electron chi connectivity index (χ1n) is 9.87. The zero-order chi connectivity index (χ0) is 19.7. The Morgan fingerprint density at radius 2 is 1.21 bits per heavy atom. The van der Waals surface area contributed by atoms with Crippen LogP contribution in [0.25, 0.3) is 0 Å². The first-order chi connectivity index (χ1) is 13.6. The SMILES string of the molecule is COc1ccc(C2C(C(=O)N3CCN(C)CC3)C2c2ccc(OC)cc2)cc1. The predicted octanol–water partition coefficient (Wildman–Crippen LogP) is 2.98. The van der Waals surface area contributed by atoms with E-state index < -0.39 is 0 Å². The molecule has 2 fully saturated rings. The van der Waals surface area contributed by atoms with Crippen molar-refractivity contribution in [2.45, 2.75) is 11.8 Å². The molecule has 1 saturated heterocycles. The van der Waals surface area contributed by atoms with E-state index in [2.05, 4.69) is 36.2 Å². The second kappa shape index (κ2) is 7.84. The molecule has 2 aromatic rings. The van der Waals surface area contributed by atoms with Gasteiger partial charge in [0.2, 0.25) is 5.91 Å². The molecule has 0 N–H and O–H groups in total. The zero-order valence-corrected chi connectivity index (χ0v) is 16.8. The van der Waals surface area contributed by atoms with E-state index in [0.717, 1.165) is 37.7 Å². The highest BCUT2D eigenvalue weighted by Crippen LogP contribution is 2.61. The normalized spacial score (nSPS) is 24.7. The summed E-state index contributed by atoms with van der Waals surface area (Å²) in [4.78, 5) is 17.7. The molecule has 0 aromatic heterocycles. The van der Waals surface area contributed by atoms with Gasteiger partial charge in [0, 0.05) is 38.0 Å². The molecule has 148 valence electrons. The van der Waals surface area contributed by atoms with E-state index in [4.69, 9.17) is 9.47 Å². The summed E-state index contributed by atoms with van der Waals surface area (Å²) in [5, 5.41) is 0. The molecule has 1 heterocycles. The Morgan fingerprint density at radius 1 is 0.786 bits per heavy atom. The third-order valence-corrected chi connectivity index (χ3v) is 6.12. The molecule has 0 spiro atoms. The van der Waals surface area contributed by atoms with Crippen LogP contribution < -0.4 is 9.47 Å². The maximum Gasteiger partial charge on any atom is 0.227 e. The number of carbonyl (C=O) groups is 1. The van der Waals surface area contributed by atoms with Crippen LogP contribution in [-0.4, -0.2) is 63.2 Å². The summed E-state index contributed by atoms with van der Waals surface area (Å²) in [6.07, 6.45) is 0. The molecule has 2 atom stereocenters. The molecule has 5 nitrogen and oxygen atoms in total. The maximum absolute atomic E-state index is 13.3. The van der Waals surface area contributed by atoms with Gasteiger partial charge in [-0.15, -0.1) is 0 Å². The topological polar surface area (TPSA) is 42.0 Å². The van der Waals surface area contributed by atoms with Crippen LogP contribution in [-0.2, 0) is 4.79 Å². The second-order valence-corrected chi connectivity index (χ2v) is 7.75. The molecule has 1 aliphatic carbocycles. The Balaban J connectivity index is 1.59. The second-order valence-electron chi connectivity index (χ2n) is 7.75. The summed E-state index contributed by atoms with van der Waals surface area (Å²) >= 11 is 0. The fourth-order valence-corrected chi connectivity index (χ4v) is 4.34. The smallest absolute Gasteiger partial charge is 0.227 e. The minimum atomic E-state index is 0.00481. The number of nitrogens with zero attached hydrogens (tertiary/aromatic N) is 2. The lowest BCUT2D eigenvalue weighted by Crippen LogP contribution is -2.47. The quantitative estimate of drug-likeness (QED) is 0.800. The number of ether oxygens (including phenoxy) is 2. The van der Waals surface area contributed by atoms with Crippen LogP contribution in [0.1, 0.15) is 23.0 Å². The molecule has 28 heavy (non-hydrogen) atoms. The standard InChI is InChI=1S/C23H28N2O3/c1-24-12-14-25(15-13-24)23(26)22-20(16-4-8-18(27-2)9-5-16)21(22)17-6-10-19(28-3)11-7-17/h4-11,20-22H,12-15H2,1-3H3. The van der Waals surface area contributed by atoms with Crippen molar-refractivity contribution in [1.29, 1.82) is 0 Å². The van der Waals surface area contributed by atoms with E-state index in [9.17, 15) is 4.79 Å². The van der Waals surface area contributed by atoms with Crippen molar-refractivity contribution in [1.82, 2.24) is 9.80 Å². The van der Waals surface area contributed by atoms with Crippen LogP contribution in [0.15, 0.2) is 48.5 Å². The van der Waals surface area contributed by atoms with Crippen LogP contribution in [0.2, 0.25) is 0 Å². The summed E-state index contributed by atoms with van der Waals surface area (Å²) in [6, 6.07) is 16.3. The van der Waals surface area contributed by atoms with Crippen LogP contribution in [0.5, 0.6) is 11.5 Å². The minimum Gasteiger partial charge on any atom is -0.497 e. The van der Waals surface area contributed by atoms with E-state index in [1.54, 1.807) is 14.2 Å². The van der Waals surface area contributed by atoms with Gasteiger partial charge in [0.05, 0.1) is 20.1 Å². The third-order valence-electron chi connectivity index (χ3n) is 6.12. The molecule has 5 heteroatoms. The Hall–Kier alpha value is -2.53. The number of hydrogen-bond acceptors (Lipinski definition) is 4. The van der Waals surface area contributed by atoms with E-state index in [1.165, 1.54) is 11.1 Å². The molecular formula is C23H28N2O3. The van der Waals surface area contributed by atoms with Crippen molar-refractivity contribution in [3.63, 3.8) is 0 Å². The number of carbonyl (C=O) groups excluding carboxylic acids is 1. The average molecular weight is 380 g/mol. The lowest BCUT2D eigenvalue weighted by Gasteiger charge is -2.32. The summed E-state index contributed by atoms with van der Waals surface area (Å²) < 4.78 is 10.6. The molecule has 1 aliphatic heterocycles. The predicted molar refractivity (Wildman–Crippen MR) is 109 cm³/mol.